The maximum atomic E-state index is 14.9. The number of aromatic nitrogens is 2. The largest absolute Gasteiger partial charge is 0.350 e. The summed E-state index contributed by atoms with van der Waals surface area (Å²) in [6.07, 6.45) is 5.18. The predicted octanol–water partition coefficient (Wildman–Crippen LogP) is 5.16. The number of para-hydroxylation sites is 2. The number of nitrogens with one attached hydrogen (secondary N) is 2. The summed E-state index contributed by atoms with van der Waals surface area (Å²) in [7, 11) is 0. The Hall–Kier alpha value is -4.11. The Kier molecular flexibility index (Phi) is 5.91. The number of terminal acetylenes is 1. The van der Waals surface area contributed by atoms with Gasteiger partial charge < -0.3 is 5.32 Å². The highest BCUT2D eigenvalue weighted by Gasteiger charge is 2.14. The van der Waals surface area contributed by atoms with Gasteiger partial charge in [-0.3, -0.25) is 10.2 Å². The molecule has 4 aromatic rings. The average Bonchev–Trinajstić information content (AvgIpc) is 3.12. The van der Waals surface area contributed by atoms with Crippen molar-refractivity contribution in [1.82, 2.24) is 9.66 Å². The van der Waals surface area contributed by atoms with Crippen LogP contribution in [-0.2, 0) is 11.3 Å². The molecule has 0 saturated carbocycles. The summed E-state index contributed by atoms with van der Waals surface area (Å²) in [5.41, 5.74) is 8.80. The third-order valence-electron chi connectivity index (χ3n) is 5.47. The molecule has 0 aliphatic carbocycles. The van der Waals surface area contributed by atoms with E-state index in [1.54, 1.807) is 12.1 Å². The third-order valence-corrected chi connectivity index (χ3v) is 5.47. The van der Waals surface area contributed by atoms with Crippen molar-refractivity contribution in [2.24, 2.45) is 0 Å². The van der Waals surface area contributed by atoms with E-state index < -0.39 is 0 Å². The van der Waals surface area contributed by atoms with Gasteiger partial charge in [0, 0.05) is 12.1 Å². The van der Waals surface area contributed by atoms with Gasteiger partial charge in [-0.2, -0.15) is 0 Å². The molecule has 0 spiro atoms. The van der Waals surface area contributed by atoms with Crippen LogP contribution in [-0.4, -0.2) is 15.6 Å². The van der Waals surface area contributed by atoms with Crippen LogP contribution in [0.15, 0.2) is 60.7 Å². The molecule has 0 unspecified atom stereocenters. The van der Waals surface area contributed by atoms with Crippen LogP contribution in [0.1, 0.15) is 23.1 Å². The summed E-state index contributed by atoms with van der Waals surface area (Å²) in [5.74, 6) is 2.08. The van der Waals surface area contributed by atoms with Crippen molar-refractivity contribution in [3.63, 3.8) is 0 Å². The summed E-state index contributed by atoms with van der Waals surface area (Å²) in [6.45, 7) is 4.28. The molecule has 160 valence electrons. The molecule has 0 saturated heterocycles. The number of fused-ring (bicyclic) bond motifs is 1. The van der Waals surface area contributed by atoms with Crippen LogP contribution < -0.4 is 10.7 Å². The van der Waals surface area contributed by atoms with E-state index in [0.717, 1.165) is 16.7 Å². The third kappa shape index (κ3) is 4.19. The number of imidazole rings is 1. The molecule has 0 radical (unpaired) electrons. The predicted molar refractivity (Wildman–Crippen MR) is 126 cm³/mol. The summed E-state index contributed by atoms with van der Waals surface area (Å²) in [6, 6.07) is 18.6. The summed E-state index contributed by atoms with van der Waals surface area (Å²) in [5, 5.41) is 3.13. The number of carbonyl (C=O) groups is 1. The zero-order valence-corrected chi connectivity index (χ0v) is 17.9. The van der Waals surface area contributed by atoms with Gasteiger partial charge in [-0.1, -0.05) is 48.4 Å². The maximum Gasteiger partial charge on any atom is 0.250 e. The zero-order chi connectivity index (χ0) is 22.7. The molecular weight excluding hydrogens is 403 g/mol. The molecule has 1 aromatic heterocycles. The first-order chi connectivity index (χ1) is 15.5. The maximum absolute atomic E-state index is 14.9. The fourth-order valence-corrected chi connectivity index (χ4v) is 3.61. The standard InChI is InChI=1S/C26H23FN4O/c1-4-8-25(32)30-31-24-12-6-5-11-23(24)29-26(31)28-16-20-14-13-19(15-22(20)27)21-10-7-9-17(2)18(21)3/h1,5-7,9-15H,8,16H2,2-3H3,(H,28,29)(H,30,32). The molecule has 0 aliphatic rings. The van der Waals surface area contributed by atoms with E-state index >= 15 is 0 Å². The van der Waals surface area contributed by atoms with Crippen molar-refractivity contribution in [2.45, 2.75) is 26.8 Å². The molecule has 32 heavy (non-hydrogen) atoms. The lowest BCUT2D eigenvalue weighted by molar-refractivity contribution is -0.116. The van der Waals surface area contributed by atoms with Gasteiger partial charge in [0.05, 0.1) is 17.5 Å². The van der Waals surface area contributed by atoms with Gasteiger partial charge >= 0.3 is 0 Å². The number of benzene rings is 3. The van der Waals surface area contributed by atoms with E-state index in [1.807, 2.05) is 62.4 Å². The second kappa shape index (κ2) is 8.94. The van der Waals surface area contributed by atoms with Crippen LogP contribution in [0.5, 0.6) is 0 Å². The zero-order valence-electron chi connectivity index (χ0n) is 17.9. The number of halogens is 1. The van der Waals surface area contributed by atoms with Crippen molar-refractivity contribution in [1.29, 1.82) is 0 Å². The van der Waals surface area contributed by atoms with Crippen LogP contribution in [0.2, 0.25) is 0 Å². The number of aryl methyl sites for hydroxylation is 1. The lowest BCUT2D eigenvalue weighted by Gasteiger charge is -2.13. The first-order valence-corrected chi connectivity index (χ1v) is 10.3. The molecular formula is C26H23FN4O. The fourth-order valence-electron chi connectivity index (χ4n) is 3.61. The Labute approximate surface area is 186 Å². The van der Waals surface area contributed by atoms with Gasteiger partial charge in [-0.05, 0) is 54.3 Å². The van der Waals surface area contributed by atoms with Gasteiger partial charge in [0.15, 0.2) is 0 Å². The summed E-state index contributed by atoms with van der Waals surface area (Å²) >= 11 is 0. The topological polar surface area (TPSA) is 59.0 Å². The monoisotopic (exact) mass is 426 g/mol. The van der Waals surface area contributed by atoms with Crippen LogP contribution in [0.4, 0.5) is 10.3 Å². The van der Waals surface area contributed by atoms with Crippen molar-refractivity contribution >= 4 is 22.9 Å². The number of hydrogen-bond acceptors (Lipinski definition) is 3. The van der Waals surface area contributed by atoms with Gasteiger partial charge in [-0.25, -0.2) is 14.1 Å². The van der Waals surface area contributed by atoms with Crippen molar-refractivity contribution < 1.29 is 9.18 Å². The molecule has 0 atom stereocenters. The highest BCUT2D eigenvalue weighted by Crippen LogP contribution is 2.27. The Bertz CT molecular complexity index is 1350. The number of carbonyl (C=O) groups excluding carboxylic acids is 1. The van der Waals surface area contributed by atoms with Gasteiger partial charge in [0.1, 0.15) is 5.82 Å². The minimum Gasteiger partial charge on any atom is -0.350 e. The summed E-state index contributed by atoms with van der Waals surface area (Å²) < 4.78 is 16.5. The van der Waals surface area contributed by atoms with E-state index in [9.17, 15) is 9.18 Å². The number of nitrogens with zero attached hydrogens (tertiary/aromatic N) is 2. The summed E-state index contributed by atoms with van der Waals surface area (Å²) in [4.78, 5) is 16.6. The van der Waals surface area contributed by atoms with Crippen LogP contribution in [0, 0.1) is 32.0 Å². The van der Waals surface area contributed by atoms with Crippen LogP contribution in [0.25, 0.3) is 22.2 Å². The van der Waals surface area contributed by atoms with E-state index in [4.69, 9.17) is 6.42 Å². The van der Waals surface area contributed by atoms with Crippen LogP contribution in [0.3, 0.4) is 0 Å². The second-order valence-electron chi connectivity index (χ2n) is 7.58. The van der Waals surface area contributed by atoms with Gasteiger partial charge in [-0.15, -0.1) is 6.42 Å². The fraction of sp³-hybridized carbons (Fsp3) is 0.154. The van der Waals surface area contributed by atoms with Crippen molar-refractivity contribution in [3.05, 3.63) is 83.2 Å². The smallest absolute Gasteiger partial charge is 0.250 e. The highest BCUT2D eigenvalue weighted by molar-refractivity contribution is 5.89. The molecule has 3 aromatic carbocycles. The highest BCUT2D eigenvalue weighted by atomic mass is 19.1. The van der Waals surface area contributed by atoms with E-state index in [-0.39, 0.29) is 24.7 Å². The molecule has 4 rings (SSSR count). The molecule has 0 bridgehead atoms. The van der Waals surface area contributed by atoms with Crippen molar-refractivity contribution in [3.8, 4) is 23.5 Å². The lowest BCUT2D eigenvalue weighted by atomic mass is 9.96. The Morgan fingerprint density at radius 3 is 2.72 bits per heavy atom. The number of amides is 1. The quantitative estimate of drug-likeness (QED) is 0.419. The van der Waals surface area contributed by atoms with Crippen LogP contribution >= 0.6 is 0 Å². The van der Waals surface area contributed by atoms with E-state index in [0.29, 0.717) is 22.5 Å². The first-order valence-electron chi connectivity index (χ1n) is 10.3. The Morgan fingerprint density at radius 2 is 1.94 bits per heavy atom. The molecule has 0 aliphatic heterocycles. The van der Waals surface area contributed by atoms with Crippen molar-refractivity contribution in [2.75, 3.05) is 10.7 Å². The SMILES string of the molecule is C#CCC(=O)Nn1c(NCc2ccc(-c3cccc(C)c3C)cc2F)nc2ccccc21. The first kappa shape index (κ1) is 21.1. The molecule has 1 amide bonds. The molecule has 0 fully saturated rings. The number of hydrogen-bond donors (Lipinski definition) is 2. The normalized spacial score (nSPS) is 10.7. The van der Waals surface area contributed by atoms with E-state index in [1.165, 1.54) is 10.2 Å². The molecule has 5 nitrogen and oxygen atoms in total. The number of anilines is 1. The average molecular weight is 426 g/mol. The van der Waals surface area contributed by atoms with Gasteiger partial charge in [0.2, 0.25) is 5.95 Å². The van der Waals surface area contributed by atoms with Gasteiger partial charge in [0.25, 0.3) is 5.91 Å². The minimum atomic E-state index is -0.331. The van der Waals surface area contributed by atoms with E-state index in [2.05, 4.69) is 21.6 Å². The Balaban J connectivity index is 1.59. The second-order valence-corrected chi connectivity index (χ2v) is 7.58. The Morgan fingerprint density at radius 1 is 1.12 bits per heavy atom. The molecule has 1 heterocycles. The molecule has 2 N–H and O–H groups in total. The number of rotatable bonds is 6. The molecule has 6 heteroatoms. The lowest BCUT2D eigenvalue weighted by Crippen LogP contribution is -2.24. The minimum absolute atomic E-state index is 0.0551.